The molecule has 18 heavy (non-hydrogen) atoms. The molecule has 1 aromatic rings. The second-order valence-corrected chi connectivity index (χ2v) is 4.08. The molecular weight excluding hydrogens is 254 g/mol. The van der Waals surface area contributed by atoms with E-state index in [-0.39, 0.29) is 43.1 Å². The minimum atomic E-state index is -0.344. The maximum Gasteiger partial charge on any atom is 0.306 e. The monoisotopic (exact) mass is 271 g/mol. The largest absolute Gasteiger partial charge is 0.463 e. The Labute approximate surface area is 113 Å². The lowest BCUT2D eigenvalue weighted by atomic mass is 10.1. The van der Waals surface area contributed by atoms with Gasteiger partial charge in [0.15, 0.2) is 5.78 Å². The summed E-state index contributed by atoms with van der Waals surface area (Å²) >= 11 is 0. The minimum Gasteiger partial charge on any atom is -0.463 e. The van der Waals surface area contributed by atoms with Gasteiger partial charge < -0.3 is 10.5 Å². The van der Waals surface area contributed by atoms with Crippen LogP contribution < -0.4 is 5.73 Å². The predicted molar refractivity (Wildman–Crippen MR) is 72.9 cm³/mol. The third-order valence-corrected chi connectivity index (χ3v) is 2.16. The smallest absolute Gasteiger partial charge is 0.306 e. The lowest BCUT2D eigenvalue weighted by Gasteiger charge is -2.07. The number of carbonyl (C=O) groups is 2. The molecule has 0 heterocycles. The van der Waals surface area contributed by atoms with Crippen LogP contribution in [0.2, 0.25) is 0 Å². The number of Topliss-reactive ketones (excluding diaryl/α,β-unsaturated/α-hetero) is 1. The number of nitrogens with two attached hydrogens (primary N) is 1. The Bertz CT molecular complexity index is 401. The molecule has 0 amide bonds. The van der Waals surface area contributed by atoms with Crippen molar-refractivity contribution in [3.8, 4) is 0 Å². The summed E-state index contributed by atoms with van der Waals surface area (Å²) in [4.78, 5) is 22.9. The van der Waals surface area contributed by atoms with Gasteiger partial charge in [0, 0.05) is 17.7 Å². The topological polar surface area (TPSA) is 69.4 Å². The van der Waals surface area contributed by atoms with Crippen molar-refractivity contribution in [1.29, 1.82) is 0 Å². The normalized spacial score (nSPS) is 9.72. The van der Waals surface area contributed by atoms with E-state index in [1.807, 2.05) is 0 Å². The second kappa shape index (κ2) is 7.71. The fourth-order valence-electron chi connectivity index (χ4n) is 1.35. The van der Waals surface area contributed by atoms with Crippen molar-refractivity contribution in [2.75, 3.05) is 5.73 Å². The van der Waals surface area contributed by atoms with Crippen LogP contribution in [-0.4, -0.2) is 17.9 Å². The number of nitrogen functional groups attached to an aromatic ring is 1. The molecule has 0 unspecified atom stereocenters. The van der Waals surface area contributed by atoms with Crippen molar-refractivity contribution in [3.05, 3.63) is 29.8 Å². The fraction of sp³-hybridized carbons (Fsp3) is 0.385. The third-order valence-electron chi connectivity index (χ3n) is 2.16. The molecule has 0 aliphatic carbocycles. The lowest BCUT2D eigenvalue weighted by Crippen LogP contribution is -2.12. The summed E-state index contributed by atoms with van der Waals surface area (Å²) < 4.78 is 4.94. The Kier molecular flexibility index (Phi) is 7.05. The number of esters is 1. The van der Waals surface area contributed by atoms with Gasteiger partial charge >= 0.3 is 5.97 Å². The van der Waals surface area contributed by atoms with Gasteiger partial charge in [0.05, 0.1) is 12.5 Å². The first-order valence-corrected chi connectivity index (χ1v) is 5.57. The number of carbonyl (C=O) groups excluding carboxylic acids is 2. The molecule has 2 N–H and O–H groups in total. The molecule has 0 aliphatic heterocycles. The van der Waals surface area contributed by atoms with E-state index in [1.54, 1.807) is 38.1 Å². The van der Waals surface area contributed by atoms with Crippen molar-refractivity contribution >= 4 is 29.8 Å². The zero-order valence-corrected chi connectivity index (χ0v) is 11.3. The SMILES string of the molecule is CC(C)OC(=O)CCC(=O)c1ccc(N)cc1.Cl. The van der Waals surface area contributed by atoms with Crippen molar-refractivity contribution in [3.63, 3.8) is 0 Å². The highest BCUT2D eigenvalue weighted by Gasteiger charge is 2.10. The van der Waals surface area contributed by atoms with Crippen LogP contribution in [0, 0.1) is 0 Å². The van der Waals surface area contributed by atoms with Crippen LogP contribution in [0.25, 0.3) is 0 Å². The van der Waals surface area contributed by atoms with Crippen LogP contribution in [0.3, 0.4) is 0 Å². The van der Waals surface area contributed by atoms with Crippen molar-refractivity contribution in [2.45, 2.75) is 32.8 Å². The van der Waals surface area contributed by atoms with Gasteiger partial charge in [-0.1, -0.05) is 0 Å². The van der Waals surface area contributed by atoms with Gasteiger partial charge in [0.1, 0.15) is 0 Å². The molecule has 0 bridgehead atoms. The molecule has 1 rings (SSSR count). The average molecular weight is 272 g/mol. The zero-order valence-electron chi connectivity index (χ0n) is 10.5. The van der Waals surface area contributed by atoms with E-state index in [1.165, 1.54) is 0 Å². The van der Waals surface area contributed by atoms with Crippen LogP contribution in [0.1, 0.15) is 37.0 Å². The van der Waals surface area contributed by atoms with E-state index in [9.17, 15) is 9.59 Å². The number of hydrogen-bond donors (Lipinski definition) is 1. The lowest BCUT2D eigenvalue weighted by molar-refractivity contribution is -0.147. The summed E-state index contributed by atoms with van der Waals surface area (Å²) in [6.07, 6.45) is 0.130. The maximum absolute atomic E-state index is 11.7. The molecule has 0 saturated carbocycles. The minimum absolute atomic E-state index is 0. The molecule has 0 spiro atoms. The van der Waals surface area contributed by atoms with Gasteiger partial charge in [-0.2, -0.15) is 0 Å². The zero-order chi connectivity index (χ0) is 12.8. The quantitative estimate of drug-likeness (QED) is 0.508. The van der Waals surface area contributed by atoms with E-state index in [4.69, 9.17) is 10.5 Å². The molecule has 1 aromatic carbocycles. The standard InChI is InChI=1S/C13H17NO3.ClH/c1-9(2)17-13(16)8-7-12(15)10-3-5-11(14)6-4-10;/h3-6,9H,7-8,14H2,1-2H3;1H. The van der Waals surface area contributed by atoms with Crippen LogP contribution in [0.4, 0.5) is 5.69 Å². The van der Waals surface area contributed by atoms with Gasteiger partial charge in [-0.15, -0.1) is 12.4 Å². The molecule has 4 nitrogen and oxygen atoms in total. The van der Waals surface area contributed by atoms with Gasteiger partial charge in [-0.3, -0.25) is 9.59 Å². The number of ether oxygens (including phenoxy) is 1. The Morgan fingerprint density at radius 1 is 1.17 bits per heavy atom. The Morgan fingerprint density at radius 3 is 2.22 bits per heavy atom. The molecule has 0 aliphatic rings. The van der Waals surface area contributed by atoms with Crippen LogP contribution in [0.5, 0.6) is 0 Å². The number of hydrogen-bond acceptors (Lipinski definition) is 4. The van der Waals surface area contributed by atoms with E-state index < -0.39 is 0 Å². The first-order valence-electron chi connectivity index (χ1n) is 5.57. The van der Waals surface area contributed by atoms with Crippen molar-refractivity contribution in [1.82, 2.24) is 0 Å². The molecule has 0 aromatic heterocycles. The summed E-state index contributed by atoms with van der Waals surface area (Å²) in [6.45, 7) is 3.55. The summed E-state index contributed by atoms with van der Waals surface area (Å²) in [5, 5.41) is 0. The van der Waals surface area contributed by atoms with E-state index >= 15 is 0 Å². The molecule has 0 radical (unpaired) electrons. The fourth-order valence-corrected chi connectivity index (χ4v) is 1.35. The average Bonchev–Trinajstić information content (AvgIpc) is 2.26. The first-order chi connectivity index (χ1) is 7.99. The van der Waals surface area contributed by atoms with Crippen LogP contribution >= 0.6 is 12.4 Å². The summed E-state index contributed by atoms with van der Waals surface area (Å²) in [5.41, 5.74) is 6.70. The first kappa shape index (κ1) is 16.4. The number of rotatable bonds is 5. The Morgan fingerprint density at radius 2 is 1.72 bits per heavy atom. The van der Waals surface area contributed by atoms with Gasteiger partial charge in [0.2, 0.25) is 0 Å². The van der Waals surface area contributed by atoms with E-state index in [0.717, 1.165) is 0 Å². The molecule has 0 fully saturated rings. The highest BCUT2D eigenvalue weighted by Crippen LogP contribution is 2.09. The van der Waals surface area contributed by atoms with E-state index in [2.05, 4.69) is 0 Å². The van der Waals surface area contributed by atoms with Crippen molar-refractivity contribution in [2.24, 2.45) is 0 Å². The van der Waals surface area contributed by atoms with Crippen LogP contribution in [-0.2, 0) is 9.53 Å². The highest BCUT2D eigenvalue weighted by molar-refractivity contribution is 5.97. The van der Waals surface area contributed by atoms with E-state index in [0.29, 0.717) is 11.3 Å². The van der Waals surface area contributed by atoms with Crippen molar-refractivity contribution < 1.29 is 14.3 Å². The second-order valence-electron chi connectivity index (χ2n) is 4.08. The van der Waals surface area contributed by atoms with Crippen LogP contribution in [0.15, 0.2) is 24.3 Å². The molecule has 0 atom stereocenters. The predicted octanol–water partition coefficient (Wildman–Crippen LogP) is 2.61. The van der Waals surface area contributed by atoms with Gasteiger partial charge in [0.25, 0.3) is 0 Å². The molecule has 0 saturated heterocycles. The number of anilines is 1. The Balaban J connectivity index is 0.00000289. The van der Waals surface area contributed by atoms with Gasteiger partial charge in [-0.25, -0.2) is 0 Å². The number of benzene rings is 1. The molecular formula is C13H18ClNO3. The number of ketones is 1. The molecule has 100 valence electrons. The summed E-state index contributed by atoms with van der Waals surface area (Å²) in [6, 6.07) is 6.65. The maximum atomic E-state index is 11.7. The number of halogens is 1. The Hall–Kier alpha value is -1.55. The summed E-state index contributed by atoms with van der Waals surface area (Å²) in [7, 11) is 0. The van der Waals surface area contributed by atoms with Gasteiger partial charge in [-0.05, 0) is 38.1 Å². The third kappa shape index (κ3) is 5.68. The summed E-state index contributed by atoms with van der Waals surface area (Å²) in [5.74, 6) is -0.422. The molecule has 5 heteroatoms. The highest BCUT2D eigenvalue weighted by atomic mass is 35.5.